The number of nitrogens with zero attached hydrogens (tertiary/aromatic N) is 2. The number of hydrazone groups is 1. The Morgan fingerprint density at radius 1 is 1.24 bits per heavy atom. The summed E-state index contributed by atoms with van der Waals surface area (Å²) in [7, 11) is 1.59. The maximum absolute atomic E-state index is 12.2. The van der Waals surface area contributed by atoms with Crippen molar-refractivity contribution in [3.63, 3.8) is 0 Å². The first-order valence-electron chi connectivity index (χ1n) is 7.22. The number of nitro groups is 1. The van der Waals surface area contributed by atoms with E-state index in [1.54, 1.807) is 31.4 Å². The molecule has 0 atom stereocenters. The van der Waals surface area contributed by atoms with Gasteiger partial charge in [0.25, 0.3) is 11.6 Å². The van der Waals surface area contributed by atoms with Crippen LogP contribution in [0.4, 0.5) is 5.69 Å². The van der Waals surface area contributed by atoms with Gasteiger partial charge in [0.2, 0.25) is 0 Å². The fourth-order valence-electron chi connectivity index (χ4n) is 2.17. The van der Waals surface area contributed by atoms with Crippen LogP contribution in [0.3, 0.4) is 0 Å². The van der Waals surface area contributed by atoms with E-state index in [0.717, 1.165) is 16.0 Å². The standard InChI is InChI=1S/C17H13N3O4S/c1-24-14-5-2-11(3-6-14)10-18-19-17(21)16-9-12-8-13(20(22)23)4-7-15(12)25-16/h2-10H,1H3,(H,19,21)/b18-10-. The molecule has 25 heavy (non-hydrogen) atoms. The summed E-state index contributed by atoms with van der Waals surface area (Å²) in [5.41, 5.74) is 3.26. The number of ether oxygens (including phenoxy) is 1. The lowest BCUT2D eigenvalue weighted by molar-refractivity contribution is -0.384. The molecule has 0 bridgehead atoms. The number of benzene rings is 2. The first-order valence-corrected chi connectivity index (χ1v) is 8.04. The van der Waals surface area contributed by atoms with Crippen molar-refractivity contribution in [2.45, 2.75) is 0 Å². The highest BCUT2D eigenvalue weighted by Crippen LogP contribution is 2.28. The molecule has 1 amide bonds. The molecule has 8 heteroatoms. The van der Waals surface area contributed by atoms with E-state index in [1.165, 1.54) is 29.7 Å². The lowest BCUT2D eigenvalue weighted by atomic mass is 10.2. The number of hydrogen-bond acceptors (Lipinski definition) is 6. The smallest absolute Gasteiger partial charge is 0.281 e. The lowest BCUT2D eigenvalue weighted by Gasteiger charge is -1.99. The number of carbonyl (C=O) groups is 1. The summed E-state index contributed by atoms with van der Waals surface area (Å²) in [6.45, 7) is 0. The van der Waals surface area contributed by atoms with Gasteiger partial charge in [0.05, 0.1) is 23.1 Å². The normalized spacial score (nSPS) is 10.9. The van der Waals surface area contributed by atoms with E-state index < -0.39 is 4.92 Å². The van der Waals surface area contributed by atoms with E-state index in [2.05, 4.69) is 10.5 Å². The summed E-state index contributed by atoms with van der Waals surface area (Å²) in [4.78, 5) is 22.9. The Balaban J connectivity index is 1.71. The zero-order chi connectivity index (χ0) is 17.8. The van der Waals surface area contributed by atoms with Gasteiger partial charge in [-0.15, -0.1) is 11.3 Å². The maximum atomic E-state index is 12.2. The first-order chi connectivity index (χ1) is 12.1. The molecule has 0 spiro atoms. The van der Waals surface area contributed by atoms with Crippen molar-refractivity contribution in [2.24, 2.45) is 5.10 Å². The third-order valence-corrected chi connectivity index (χ3v) is 4.54. The second-order valence-corrected chi connectivity index (χ2v) is 6.15. The molecule has 1 heterocycles. The molecule has 0 unspecified atom stereocenters. The van der Waals surface area contributed by atoms with Crippen molar-refractivity contribution < 1.29 is 14.5 Å². The summed E-state index contributed by atoms with van der Waals surface area (Å²) >= 11 is 1.25. The third kappa shape index (κ3) is 3.81. The zero-order valence-corrected chi connectivity index (χ0v) is 13.9. The summed E-state index contributed by atoms with van der Waals surface area (Å²) in [5, 5.41) is 15.4. The SMILES string of the molecule is COc1ccc(/C=N\NC(=O)c2cc3cc([N+](=O)[O-])ccc3s2)cc1. The average Bonchev–Trinajstić information content (AvgIpc) is 3.05. The molecule has 0 aliphatic heterocycles. The average molecular weight is 355 g/mol. The van der Waals surface area contributed by atoms with Crippen LogP contribution in [0, 0.1) is 10.1 Å². The van der Waals surface area contributed by atoms with Crippen LogP contribution in [0.1, 0.15) is 15.2 Å². The molecule has 0 aliphatic carbocycles. The van der Waals surface area contributed by atoms with E-state index in [9.17, 15) is 14.9 Å². The molecule has 126 valence electrons. The van der Waals surface area contributed by atoms with Gasteiger partial charge in [0, 0.05) is 22.2 Å². The van der Waals surface area contributed by atoms with Crippen LogP contribution in [0.15, 0.2) is 53.6 Å². The Morgan fingerprint density at radius 2 is 2.00 bits per heavy atom. The van der Waals surface area contributed by atoms with E-state index in [0.29, 0.717) is 10.3 Å². The molecule has 0 aliphatic rings. The Morgan fingerprint density at radius 3 is 2.68 bits per heavy atom. The molecule has 3 rings (SSSR count). The largest absolute Gasteiger partial charge is 0.497 e. The zero-order valence-electron chi connectivity index (χ0n) is 13.1. The number of hydrogen-bond donors (Lipinski definition) is 1. The molecular weight excluding hydrogens is 342 g/mol. The van der Waals surface area contributed by atoms with E-state index in [4.69, 9.17) is 4.74 Å². The number of nitrogens with one attached hydrogen (secondary N) is 1. The van der Waals surface area contributed by atoms with Gasteiger partial charge in [-0.25, -0.2) is 5.43 Å². The second kappa shape index (κ2) is 7.10. The summed E-state index contributed by atoms with van der Waals surface area (Å²) < 4.78 is 5.87. The minimum atomic E-state index is -0.462. The molecule has 0 saturated carbocycles. The van der Waals surface area contributed by atoms with Gasteiger partial charge >= 0.3 is 0 Å². The number of non-ortho nitro benzene ring substituents is 1. The molecule has 0 saturated heterocycles. The molecule has 0 radical (unpaired) electrons. The maximum Gasteiger partial charge on any atom is 0.281 e. The van der Waals surface area contributed by atoms with Gasteiger partial charge in [-0.1, -0.05) is 0 Å². The van der Waals surface area contributed by atoms with Crippen molar-refractivity contribution in [1.29, 1.82) is 0 Å². The van der Waals surface area contributed by atoms with Crippen molar-refractivity contribution in [3.8, 4) is 5.75 Å². The van der Waals surface area contributed by atoms with Gasteiger partial charge in [-0.05, 0) is 42.0 Å². The van der Waals surface area contributed by atoms with Crippen LogP contribution < -0.4 is 10.2 Å². The molecule has 7 nitrogen and oxygen atoms in total. The Bertz CT molecular complexity index is 964. The molecule has 0 fully saturated rings. The number of fused-ring (bicyclic) bond motifs is 1. The monoisotopic (exact) mass is 355 g/mol. The number of rotatable bonds is 5. The summed E-state index contributed by atoms with van der Waals surface area (Å²) in [5.74, 6) is 0.370. The number of nitro benzene ring substituents is 1. The van der Waals surface area contributed by atoms with Gasteiger partial charge in [-0.2, -0.15) is 5.10 Å². The molecule has 1 N–H and O–H groups in total. The molecule has 3 aromatic rings. The quantitative estimate of drug-likeness (QED) is 0.430. The van der Waals surface area contributed by atoms with Gasteiger partial charge in [0.1, 0.15) is 5.75 Å². The molecule has 2 aromatic carbocycles. The number of amides is 1. The number of thiophene rings is 1. The summed E-state index contributed by atoms with van der Waals surface area (Å²) in [6, 6.07) is 13.3. The highest BCUT2D eigenvalue weighted by Gasteiger charge is 2.12. The van der Waals surface area contributed by atoms with Crippen molar-refractivity contribution in [3.05, 3.63) is 69.1 Å². The fourth-order valence-corrected chi connectivity index (χ4v) is 3.10. The van der Waals surface area contributed by atoms with Crippen molar-refractivity contribution in [1.82, 2.24) is 5.43 Å². The summed E-state index contributed by atoms with van der Waals surface area (Å²) in [6.07, 6.45) is 1.52. The molecule has 1 aromatic heterocycles. The fraction of sp³-hybridized carbons (Fsp3) is 0.0588. The van der Waals surface area contributed by atoms with E-state index in [-0.39, 0.29) is 11.6 Å². The van der Waals surface area contributed by atoms with E-state index in [1.807, 2.05) is 12.1 Å². The van der Waals surface area contributed by atoms with Crippen LogP contribution >= 0.6 is 11.3 Å². The predicted octanol–water partition coefficient (Wildman–Crippen LogP) is 3.58. The topological polar surface area (TPSA) is 93.8 Å². The Kier molecular flexibility index (Phi) is 4.71. The van der Waals surface area contributed by atoms with Gasteiger partial charge < -0.3 is 4.74 Å². The third-order valence-electron chi connectivity index (χ3n) is 3.43. The minimum Gasteiger partial charge on any atom is -0.497 e. The van der Waals surface area contributed by atoms with Crippen LogP contribution in [-0.4, -0.2) is 24.2 Å². The van der Waals surface area contributed by atoms with Gasteiger partial charge in [-0.3, -0.25) is 14.9 Å². The van der Waals surface area contributed by atoms with E-state index >= 15 is 0 Å². The molecular formula is C17H13N3O4S. The Labute approximate surface area is 146 Å². The van der Waals surface area contributed by atoms with Gasteiger partial charge in [0.15, 0.2) is 0 Å². The van der Waals surface area contributed by atoms with Crippen molar-refractivity contribution in [2.75, 3.05) is 7.11 Å². The number of carbonyl (C=O) groups excluding carboxylic acids is 1. The number of methoxy groups -OCH3 is 1. The first kappa shape index (κ1) is 16.6. The predicted molar refractivity (Wildman–Crippen MR) is 96.5 cm³/mol. The van der Waals surface area contributed by atoms with Crippen LogP contribution in [-0.2, 0) is 0 Å². The highest BCUT2D eigenvalue weighted by atomic mass is 32.1. The second-order valence-electron chi connectivity index (χ2n) is 5.06. The van der Waals surface area contributed by atoms with Crippen LogP contribution in [0.2, 0.25) is 0 Å². The highest BCUT2D eigenvalue weighted by molar-refractivity contribution is 7.20. The lowest BCUT2D eigenvalue weighted by Crippen LogP contribution is -2.16. The van der Waals surface area contributed by atoms with Crippen LogP contribution in [0.25, 0.3) is 10.1 Å². The minimum absolute atomic E-state index is 0.00483. The van der Waals surface area contributed by atoms with Crippen LogP contribution in [0.5, 0.6) is 5.75 Å². The van der Waals surface area contributed by atoms with Crippen molar-refractivity contribution >= 4 is 39.2 Å². The Hall–Kier alpha value is -3.26.